The third kappa shape index (κ3) is 5.59. The van der Waals surface area contributed by atoms with Crippen LogP contribution in [0.2, 0.25) is 0 Å². The SMILES string of the molecule is CC(=O)OC[C@H]1O[C@H](OCc2ccccc2)C[C@H](N)[C@@H]1OC(C)=O. The first-order valence-corrected chi connectivity index (χ1v) is 7.83. The van der Waals surface area contributed by atoms with E-state index in [-0.39, 0.29) is 6.61 Å². The number of ether oxygens (including phenoxy) is 4. The van der Waals surface area contributed by atoms with Crippen molar-refractivity contribution in [3.8, 4) is 0 Å². The fraction of sp³-hybridized carbons (Fsp3) is 0.529. The molecule has 1 saturated heterocycles. The molecule has 0 saturated carbocycles. The quantitative estimate of drug-likeness (QED) is 0.777. The number of hydrogen-bond acceptors (Lipinski definition) is 7. The molecule has 1 aliphatic heterocycles. The number of carbonyl (C=O) groups excluding carboxylic acids is 2. The first kappa shape index (κ1) is 18.4. The van der Waals surface area contributed by atoms with Crippen LogP contribution in [0.4, 0.5) is 0 Å². The molecule has 0 amide bonds. The molecule has 2 N–H and O–H groups in total. The minimum Gasteiger partial charge on any atom is -0.463 e. The molecule has 0 unspecified atom stereocenters. The average molecular weight is 337 g/mol. The van der Waals surface area contributed by atoms with E-state index in [1.807, 2.05) is 30.3 Å². The summed E-state index contributed by atoms with van der Waals surface area (Å²) in [6.45, 7) is 2.92. The summed E-state index contributed by atoms with van der Waals surface area (Å²) in [5.41, 5.74) is 7.11. The highest BCUT2D eigenvalue weighted by Crippen LogP contribution is 2.24. The minimum absolute atomic E-state index is 0.0494. The Morgan fingerprint density at radius 3 is 2.54 bits per heavy atom. The maximum absolute atomic E-state index is 11.3. The zero-order valence-electron chi connectivity index (χ0n) is 13.8. The monoisotopic (exact) mass is 337 g/mol. The number of rotatable bonds is 6. The standard InChI is InChI=1S/C17H23NO6/c1-11(19)21-10-15-17(23-12(2)20)14(18)8-16(24-15)22-9-13-6-4-3-5-7-13/h3-7,14-17H,8-10,18H2,1-2H3/t14-,15+,16-,17-/m0/s1. The highest BCUT2D eigenvalue weighted by atomic mass is 16.7. The zero-order chi connectivity index (χ0) is 17.5. The predicted molar refractivity (Wildman–Crippen MR) is 84.7 cm³/mol. The van der Waals surface area contributed by atoms with Crippen LogP contribution in [-0.4, -0.2) is 43.1 Å². The van der Waals surface area contributed by atoms with Crippen molar-refractivity contribution in [1.29, 1.82) is 0 Å². The molecule has 24 heavy (non-hydrogen) atoms. The van der Waals surface area contributed by atoms with Gasteiger partial charge in [0.25, 0.3) is 0 Å². The van der Waals surface area contributed by atoms with Crippen molar-refractivity contribution in [3.05, 3.63) is 35.9 Å². The van der Waals surface area contributed by atoms with Crippen LogP contribution >= 0.6 is 0 Å². The molecule has 0 bridgehead atoms. The molecular weight excluding hydrogens is 314 g/mol. The van der Waals surface area contributed by atoms with E-state index in [1.54, 1.807) is 0 Å². The van der Waals surface area contributed by atoms with Gasteiger partial charge in [0.15, 0.2) is 6.29 Å². The van der Waals surface area contributed by atoms with E-state index in [4.69, 9.17) is 24.7 Å². The van der Waals surface area contributed by atoms with Gasteiger partial charge in [-0.25, -0.2) is 0 Å². The van der Waals surface area contributed by atoms with Gasteiger partial charge in [-0.05, 0) is 5.56 Å². The number of carbonyl (C=O) groups is 2. The topological polar surface area (TPSA) is 97.1 Å². The van der Waals surface area contributed by atoms with Crippen LogP contribution in [0.15, 0.2) is 30.3 Å². The Hall–Kier alpha value is -1.96. The number of esters is 2. The van der Waals surface area contributed by atoms with E-state index in [0.29, 0.717) is 13.0 Å². The molecule has 132 valence electrons. The fourth-order valence-electron chi connectivity index (χ4n) is 2.52. The molecule has 1 aromatic rings. The Labute approximate surface area is 141 Å². The van der Waals surface area contributed by atoms with Gasteiger partial charge in [0.2, 0.25) is 0 Å². The minimum atomic E-state index is -0.682. The van der Waals surface area contributed by atoms with E-state index in [0.717, 1.165) is 5.56 Å². The van der Waals surface area contributed by atoms with Gasteiger partial charge >= 0.3 is 11.9 Å². The zero-order valence-corrected chi connectivity index (χ0v) is 13.8. The third-order valence-electron chi connectivity index (χ3n) is 3.61. The van der Waals surface area contributed by atoms with E-state index < -0.39 is 36.5 Å². The van der Waals surface area contributed by atoms with Gasteiger partial charge in [-0.1, -0.05) is 30.3 Å². The average Bonchev–Trinajstić information content (AvgIpc) is 2.54. The first-order valence-electron chi connectivity index (χ1n) is 7.83. The second-order valence-corrected chi connectivity index (χ2v) is 5.68. The molecule has 7 nitrogen and oxygen atoms in total. The highest BCUT2D eigenvalue weighted by molar-refractivity contribution is 5.66. The van der Waals surface area contributed by atoms with Gasteiger partial charge in [0.1, 0.15) is 18.8 Å². The van der Waals surface area contributed by atoms with Crippen molar-refractivity contribution in [2.45, 2.75) is 51.4 Å². The van der Waals surface area contributed by atoms with Crippen molar-refractivity contribution in [1.82, 2.24) is 0 Å². The van der Waals surface area contributed by atoms with Crippen LogP contribution in [0, 0.1) is 0 Å². The molecule has 1 fully saturated rings. The third-order valence-corrected chi connectivity index (χ3v) is 3.61. The summed E-state index contributed by atoms with van der Waals surface area (Å²) in [7, 11) is 0. The Kier molecular flexibility index (Phi) is 6.72. The summed E-state index contributed by atoms with van der Waals surface area (Å²) in [5, 5.41) is 0. The van der Waals surface area contributed by atoms with Crippen LogP contribution in [0.25, 0.3) is 0 Å². The van der Waals surface area contributed by atoms with Gasteiger partial charge in [0, 0.05) is 26.3 Å². The van der Waals surface area contributed by atoms with Gasteiger partial charge in [-0.15, -0.1) is 0 Å². The highest BCUT2D eigenvalue weighted by Gasteiger charge is 2.40. The Balaban J connectivity index is 1.97. The lowest BCUT2D eigenvalue weighted by atomic mass is 9.99. The van der Waals surface area contributed by atoms with Crippen LogP contribution in [-0.2, 0) is 35.1 Å². The lowest BCUT2D eigenvalue weighted by Gasteiger charge is -2.39. The van der Waals surface area contributed by atoms with Crippen molar-refractivity contribution in [3.63, 3.8) is 0 Å². The Morgan fingerprint density at radius 1 is 1.21 bits per heavy atom. The number of nitrogens with two attached hydrogens (primary N) is 1. The molecule has 2 rings (SSSR count). The molecule has 7 heteroatoms. The maximum atomic E-state index is 11.3. The Bertz CT molecular complexity index is 549. The largest absolute Gasteiger partial charge is 0.463 e. The molecule has 1 heterocycles. The fourth-order valence-corrected chi connectivity index (χ4v) is 2.52. The number of benzene rings is 1. The second-order valence-electron chi connectivity index (χ2n) is 5.68. The van der Waals surface area contributed by atoms with E-state index >= 15 is 0 Å². The van der Waals surface area contributed by atoms with Crippen LogP contribution < -0.4 is 5.73 Å². The lowest BCUT2D eigenvalue weighted by molar-refractivity contribution is -0.245. The maximum Gasteiger partial charge on any atom is 0.303 e. The molecule has 1 aromatic carbocycles. The van der Waals surface area contributed by atoms with E-state index in [2.05, 4.69) is 0 Å². The number of hydrogen-bond donors (Lipinski definition) is 1. The van der Waals surface area contributed by atoms with Crippen molar-refractivity contribution in [2.75, 3.05) is 6.61 Å². The molecular formula is C17H23NO6. The van der Waals surface area contributed by atoms with Crippen molar-refractivity contribution < 1.29 is 28.5 Å². The molecule has 0 radical (unpaired) electrons. The van der Waals surface area contributed by atoms with Crippen LogP contribution in [0.3, 0.4) is 0 Å². The van der Waals surface area contributed by atoms with Crippen LogP contribution in [0.1, 0.15) is 25.8 Å². The Morgan fingerprint density at radius 2 is 1.92 bits per heavy atom. The van der Waals surface area contributed by atoms with Crippen LogP contribution in [0.5, 0.6) is 0 Å². The van der Waals surface area contributed by atoms with Crippen molar-refractivity contribution >= 4 is 11.9 Å². The lowest BCUT2D eigenvalue weighted by Crippen LogP contribution is -2.56. The van der Waals surface area contributed by atoms with Gasteiger partial charge in [-0.3, -0.25) is 9.59 Å². The first-order chi connectivity index (χ1) is 11.5. The second kappa shape index (κ2) is 8.77. The summed E-state index contributed by atoms with van der Waals surface area (Å²) < 4.78 is 21.7. The van der Waals surface area contributed by atoms with Gasteiger partial charge in [0.05, 0.1) is 6.61 Å². The molecule has 0 aromatic heterocycles. The molecule has 0 spiro atoms. The summed E-state index contributed by atoms with van der Waals surface area (Å²) in [6, 6.07) is 9.19. The molecule has 0 aliphatic carbocycles. The molecule has 4 atom stereocenters. The summed E-state index contributed by atoms with van der Waals surface area (Å²) in [4.78, 5) is 22.3. The molecule has 1 aliphatic rings. The van der Waals surface area contributed by atoms with Gasteiger partial charge in [-0.2, -0.15) is 0 Å². The van der Waals surface area contributed by atoms with E-state index in [1.165, 1.54) is 13.8 Å². The predicted octanol–water partition coefficient (Wildman–Crippen LogP) is 1.14. The summed E-state index contributed by atoms with van der Waals surface area (Å²) >= 11 is 0. The van der Waals surface area contributed by atoms with Gasteiger partial charge < -0.3 is 24.7 Å². The van der Waals surface area contributed by atoms with Crippen molar-refractivity contribution in [2.24, 2.45) is 5.73 Å². The smallest absolute Gasteiger partial charge is 0.303 e. The summed E-state index contributed by atoms with van der Waals surface area (Å²) in [5.74, 6) is -0.906. The van der Waals surface area contributed by atoms with E-state index in [9.17, 15) is 9.59 Å². The normalized spacial score (nSPS) is 26.6. The summed E-state index contributed by atoms with van der Waals surface area (Å²) in [6.07, 6.45) is -1.53.